The minimum absolute atomic E-state index is 0. The first-order valence-corrected chi connectivity index (χ1v) is 7.00. The van der Waals surface area contributed by atoms with Crippen molar-refractivity contribution >= 4 is 24.0 Å². The average Bonchev–Trinajstić information content (AvgIpc) is 2.49. The lowest BCUT2D eigenvalue weighted by atomic mass is 9.94. The Morgan fingerprint density at radius 3 is 2.59 bits per heavy atom. The Balaban J connectivity index is 0.00000176. The molecule has 1 aliphatic rings. The zero-order valence-electron chi connectivity index (χ0n) is 12.2. The maximum atomic E-state index is 13.6. The Hall–Kier alpha value is -1.91. The molecule has 2 aromatic rings. The summed E-state index contributed by atoms with van der Waals surface area (Å²) in [6.07, 6.45) is 0.451. The van der Waals surface area contributed by atoms with Crippen molar-refractivity contribution < 1.29 is 9.18 Å². The number of carbonyl (C=O) groups excluding carboxylic acids is 1. The van der Waals surface area contributed by atoms with E-state index in [1.54, 1.807) is 11.0 Å². The number of halogens is 2. The predicted molar refractivity (Wildman–Crippen MR) is 87.7 cm³/mol. The first-order valence-electron chi connectivity index (χ1n) is 7.00. The SMILES string of the molecule is C[C@@H](c1ccccc1)N1C(=O)[C@H](N)Cc2ccc(F)cc21.Cl. The molecule has 1 heterocycles. The third-order valence-corrected chi connectivity index (χ3v) is 3.97. The van der Waals surface area contributed by atoms with E-state index in [0.29, 0.717) is 12.1 Å². The Morgan fingerprint density at radius 1 is 1.23 bits per heavy atom. The van der Waals surface area contributed by atoms with Gasteiger partial charge in [0.2, 0.25) is 5.91 Å². The molecule has 1 aliphatic heterocycles. The van der Waals surface area contributed by atoms with Gasteiger partial charge in [0.1, 0.15) is 5.82 Å². The van der Waals surface area contributed by atoms with Crippen LogP contribution < -0.4 is 10.6 Å². The van der Waals surface area contributed by atoms with Crippen LogP contribution in [0.25, 0.3) is 0 Å². The summed E-state index contributed by atoms with van der Waals surface area (Å²) in [6.45, 7) is 1.93. The van der Waals surface area contributed by atoms with Gasteiger partial charge in [-0.15, -0.1) is 12.4 Å². The number of nitrogens with zero attached hydrogens (tertiary/aromatic N) is 1. The molecule has 0 radical (unpaired) electrons. The molecule has 0 saturated heterocycles. The van der Waals surface area contributed by atoms with Crippen molar-refractivity contribution in [1.29, 1.82) is 0 Å². The van der Waals surface area contributed by atoms with Crippen molar-refractivity contribution in [3.05, 3.63) is 65.5 Å². The number of anilines is 1. The predicted octanol–water partition coefficient (Wildman–Crippen LogP) is 3.23. The Bertz CT molecular complexity index is 678. The quantitative estimate of drug-likeness (QED) is 0.923. The van der Waals surface area contributed by atoms with E-state index in [9.17, 15) is 9.18 Å². The van der Waals surface area contributed by atoms with Gasteiger partial charge in [0.15, 0.2) is 0 Å². The molecule has 3 nitrogen and oxygen atoms in total. The first kappa shape index (κ1) is 16.5. The molecule has 0 fully saturated rings. The fraction of sp³-hybridized carbons (Fsp3) is 0.235. The highest BCUT2D eigenvalue weighted by Crippen LogP contribution is 2.34. The molecule has 0 unspecified atom stereocenters. The van der Waals surface area contributed by atoms with Crippen molar-refractivity contribution in [1.82, 2.24) is 0 Å². The molecule has 5 heteroatoms. The van der Waals surface area contributed by atoms with Crippen molar-refractivity contribution in [3.63, 3.8) is 0 Å². The van der Waals surface area contributed by atoms with Gasteiger partial charge in [0, 0.05) is 0 Å². The zero-order chi connectivity index (χ0) is 15.0. The normalized spacial score (nSPS) is 18.4. The molecule has 0 bridgehead atoms. The summed E-state index contributed by atoms with van der Waals surface area (Å²) >= 11 is 0. The number of carbonyl (C=O) groups is 1. The molecular formula is C17H18ClFN2O. The molecule has 2 aromatic carbocycles. The zero-order valence-corrected chi connectivity index (χ0v) is 13.0. The number of amides is 1. The van der Waals surface area contributed by atoms with Gasteiger partial charge < -0.3 is 10.6 Å². The van der Waals surface area contributed by atoms with Gasteiger partial charge in [0.25, 0.3) is 0 Å². The third-order valence-electron chi connectivity index (χ3n) is 3.97. The van der Waals surface area contributed by atoms with E-state index in [2.05, 4.69) is 0 Å². The Labute approximate surface area is 135 Å². The molecule has 116 valence electrons. The number of fused-ring (bicyclic) bond motifs is 1. The van der Waals surface area contributed by atoms with Gasteiger partial charge in [-0.3, -0.25) is 4.79 Å². The van der Waals surface area contributed by atoms with E-state index >= 15 is 0 Å². The maximum Gasteiger partial charge on any atom is 0.244 e. The summed E-state index contributed by atoms with van der Waals surface area (Å²) in [5, 5.41) is 0. The van der Waals surface area contributed by atoms with Crippen LogP contribution in [-0.2, 0) is 11.2 Å². The van der Waals surface area contributed by atoms with E-state index in [1.165, 1.54) is 12.1 Å². The Morgan fingerprint density at radius 2 is 1.91 bits per heavy atom. The van der Waals surface area contributed by atoms with Gasteiger partial charge in [0.05, 0.1) is 17.8 Å². The number of hydrogen-bond acceptors (Lipinski definition) is 2. The molecule has 1 amide bonds. The molecule has 2 N–H and O–H groups in total. The minimum Gasteiger partial charge on any atom is -0.320 e. The van der Waals surface area contributed by atoms with Crippen LogP contribution in [0.5, 0.6) is 0 Å². The fourth-order valence-corrected chi connectivity index (χ4v) is 2.84. The highest BCUT2D eigenvalue weighted by atomic mass is 35.5. The van der Waals surface area contributed by atoms with Gasteiger partial charge in [-0.1, -0.05) is 36.4 Å². The van der Waals surface area contributed by atoms with Crippen LogP contribution in [0, 0.1) is 5.82 Å². The number of nitrogens with two attached hydrogens (primary N) is 1. The van der Waals surface area contributed by atoms with Crippen LogP contribution in [0.1, 0.15) is 24.1 Å². The second-order valence-electron chi connectivity index (χ2n) is 5.38. The summed E-state index contributed by atoms with van der Waals surface area (Å²) in [4.78, 5) is 14.1. The van der Waals surface area contributed by atoms with E-state index in [4.69, 9.17) is 5.73 Å². The molecule has 0 saturated carbocycles. The lowest BCUT2D eigenvalue weighted by Gasteiger charge is -2.37. The van der Waals surface area contributed by atoms with E-state index in [-0.39, 0.29) is 30.2 Å². The molecule has 3 rings (SSSR count). The van der Waals surface area contributed by atoms with Crippen LogP contribution in [0.15, 0.2) is 48.5 Å². The van der Waals surface area contributed by atoms with Crippen LogP contribution in [-0.4, -0.2) is 11.9 Å². The number of hydrogen-bond donors (Lipinski definition) is 1. The largest absolute Gasteiger partial charge is 0.320 e. The molecule has 0 aromatic heterocycles. The van der Waals surface area contributed by atoms with Gasteiger partial charge in [-0.2, -0.15) is 0 Å². The van der Waals surface area contributed by atoms with E-state index < -0.39 is 6.04 Å². The van der Waals surface area contributed by atoms with Crippen molar-refractivity contribution in [3.8, 4) is 0 Å². The van der Waals surface area contributed by atoms with E-state index in [0.717, 1.165) is 11.1 Å². The van der Waals surface area contributed by atoms with Gasteiger partial charge in [-0.05, 0) is 36.6 Å². The Kier molecular flexibility index (Phi) is 4.84. The third kappa shape index (κ3) is 2.85. The molecule has 2 atom stereocenters. The molecular weight excluding hydrogens is 303 g/mol. The van der Waals surface area contributed by atoms with Crippen LogP contribution in [0.4, 0.5) is 10.1 Å². The van der Waals surface area contributed by atoms with Gasteiger partial charge in [-0.25, -0.2) is 4.39 Å². The fourth-order valence-electron chi connectivity index (χ4n) is 2.84. The summed E-state index contributed by atoms with van der Waals surface area (Å²) < 4.78 is 13.6. The smallest absolute Gasteiger partial charge is 0.244 e. The second-order valence-corrected chi connectivity index (χ2v) is 5.38. The van der Waals surface area contributed by atoms with Crippen LogP contribution in [0.2, 0.25) is 0 Å². The molecule has 22 heavy (non-hydrogen) atoms. The van der Waals surface area contributed by atoms with Crippen molar-refractivity contribution in [2.24, 2.45) is 5.73 Å². The van der Waals surface area contributed by atoms with Crippen LogP contribution in [0.3, 0.4) is 0 Å². The molecule has 0 aliphatic carbocycles. The lowest BCUT2D eigenvalue weighted by Crippen LogP contribution is -2.49. The van der Waals surface area contributed by atoms with E-state index in [1.807, 2.05) is 37.3 Å². The standard InChI is InChI=1S/C17H17FN2O.ClH/c1-11(12-5-3-2-4-6-12)20-16-10-14(18)8-7-13(16)9-15(19)17(20)21;/h2-8,10-11,15H,9,19H2,1H3;1H/t11-,15+;/m0./s1. The van der Waals surface area contributed by atoms with Crippen molar-refractivity contribution in [2.45, 2.75) is 25.4 Å². The second kappa shape index (κ2) is 6.46. The average molecular weight is 321 g/mol. The highest BCUT2D eigenvalue weighted by Gasteiger charge is 2.34. The minimum atomic E-state index is -0.575. The highest BCUT2D eigenvalue weighted by molar-refractivity contribution is 6.00. The lowest BCUT2D eigenvalue weighted by molar-refractivity contribution is -0.120. The first-order chi connectivity index (χ1) is 10.1. The number of rotatable bonds is 2. The van der Waals surface area contributed by atoms with Crippen molar-refractivity contribution in [2.75, 3.05) is 4.90 Å². The van der Waals surface area contributed by atoms with Gasteiger partial charge >= 0.3 is 0 Å². The number of benzene rings is 2. The monoisotopic (exact) mass is 320 g/mol. The summed E-state index contributed by atoms with van der Waals surface area (Å²) in [5.41, 5.74) is 8.48. The summed E-state index contributed by atoms with van der Waals surface area (Å²) in [7, 11) is 0. The van der Waals surface area contributed by atoms with Crippen LogP contribution >= 0.6 is 12.4 Å². The summed E-state index contributed by atoms with van der Waals surface area (Å²) in [5.74, 6) is -0.508. The summed E-state index contributed by atoms with van der Waals surface area (Å²) in [6, 6.07) is 13.5. The topological polar surface area (TPSA) is 46.3 Å². The molecule has 0 spiro atoms. The maximum absolute atomic E-state index is 13.6.